The number of nitrogens with zero attached hydrogens (tertiary/aromatic N) is 3. The minimum Gasteiger partial charge on any atom is -0.375 e. The Bertz CT molecular complexity index is 729. The van der Waals surface area contributed by atoms with Crippen LogP contribution in [-0.4, -0.2) is 87.5 Å². The lowest BCUT2D eigenvalue weighted by Crippen LogP contribution is -2.47. The molecule has 2 fully saturated rings. The molecule has 3 rings (SSSR count). The van der Waals surface area contributed by atoms with Crippen molar-refractivity contribution >= 4 is 15.9 Å². The monoisotopic (exact) mass is 367 g/mol. The van der Waals surface area contributed by atoms with E-state index in [-0.39, 0.29) is 16.9 Å². The Morgan fingerprint density at radius 3 is 2.56 bits per heavy atom. The highest BCUT2D eigenvalue weighted by molar-refractivity contribution is 7.89. The zero-order valence-corrected chi connectivity index (χ0v) is 15.5. The number of carbonyl (C=O) groups excluding carboxylic acids is 1. The summed E-state index contributed by atoms with van der Waals surface area (Å²) in [4.78, 5) is 16.7. The Kier molecular flexibility index (Phi) is 5.43. The van der Waals surface area contributed by atoms with Crippen LogP contribution in [0.4, 0.5) is 0 Å². The first-order valence-electron chi connectivity index (χ1n) is 8.57. The van der Waals surface area contributed by atoms with Gasteiger partial charge in [-0.2, -0.15) is 4.31 Å². The van der Waals surface area contributed by atoms with Crippen molar-refractivity contribution in [1.29, 1.82) is 0 Å². The summed E-state index contributed by atoms with van der Waals surface area (Å²) < 4.78 is 32.7. The number of rotatable bonds is 3. The zero-order chi connectivity index (χ0) is 18.0. The maximum atomic E-state index is 12.9. The van der Waals surface area contributed by atoms with Gasteiger partial charge in [-0.25, -0.2) is 8.42 Å². The molecule has 1 amide bonds. The lowest BCUT2D eigenvalue weighted by atomic mass is 10.2. The van der Waals surface area contributed by atoms with Crippen molar-refractivity contribution in [2.24, 2.45) is 0 Å². The third-order valence-corrected chi connectivity index (χ3v) is 6.60. The molecule has 2 aliphatic heterocycles. The molecule has 1 unspecified atom stereocenters. The normalized spacial score (nSPS) is 23.6. The molecule has 8 heteroatoms. The Labute approximate surface area is 149 Å². The van der Waals surface area contributed by atoms with Gasteiger partial charge in [-0.1, -0.05) is 6.07 Å². The quantitative estimate of drug-likeness (QED) is 0.777. The van der Waals surface area contributed by atoms with Crippen molar-refractivity contribution in [3.63, 3.8) is 0 Å². The van der Waals surface area contributed by atoms with Crippen LogP contribution >= 0.6 is 0 Å². The van der Waals surface area contributed by atoms with Crippen molar-refractivity contribution in [3.8, 4) is 0 Å². The summed E-state index contributed by atoms with van der Waals surface area (Å²) in [7, 11) is -1.59. The number of likely N-dealkylation sites (N-methyl/N-ethyl adjacent to an activating group) is 1. The second-order valence-corrected chi connectivity index (χ2v) is 8.61. The van der Waals surface area contributed by atoms with Gasteiger partial charge in [-0.15, -0.1) is 0 Å². The van der Waals surface area contributed by atoms with E-state index < -0.39 is 10.0 Å². The van der Waals surface area contributed by atoms with Crippen LogP contribution in [-0.2, 0) is 14.8 Å². The first-order chi connectivity index (χ1) is 11.9. The Morgan fingerprint density at radius 2 is 1.88 bits per heavy atom. The summed E-state index contributed by atoms with van der Waals surface area (Å²) >= 11 is 0. The van der Waals surface area contributed by atoms with Gasteiger partial charge < -0.3 is 14.5 Å². The van der Waals surface area contributed by atoms with Crippen LogP contribution in [0.1, 0.15) is 17.3 Å². The fourth-order valence-electron chi connectivity index (χ4n) is 3.15. The molecule has 1 aromatic rings. The minimum absolute atomic E-state index is 0.00467. The molecule has 0 aliphatic carbocycles. The number of benzene rings is 1. The summed E-state index contributed by atoms with van der Waals surface area (Å²) in [6.45, 7) is 5.84. The number of hydrogen-bond donors (Lipinski definition) is 0. The number of piperazine rings is 1. The highest BCUT2D eigenvalue weighted by atomic mass is 32.2. The first-order valence-corrected chi connectivity index (χ1v) is 10.0. The summed E-state index contributed by atoms with van der Waals surface area (Å²) in [5, 5.41) is 0. The van der Waals surface area contributed by atoms with E-state index >= 15 is 0 Å². The van der Waals surface area contributed by atoms with Crippen molar-refractivity contribution in [2.45, 2.75) is 17.9 Å². The van der Waals surface area contributed by atoms with Crippen molar-refractivity contribution in [1.82, 2.24) is 14.1 Å². The van der Waals surface area contributed by atoms with Gasteiger partial charge in [0, 0.05) is 44.8 Å². The van der Waals surface area contributed by atoms with Gasteiger partial charge in [0.2, 0.25) is 10.0 Å². The van der Waals surface area contributed by atoms with Gasteiger partial charge >= 0.3 is 0 Å². The summed E-state index contributed by atoms with van der Waals surface area (Å²) in [6, 6.07) is 6.37. The SMILES string of the molecule is CC1CN(C(=O)c2cccc(S(=O)(=O)N3CCN(C)CC3)c2)CCO1. The summed E-state index contributed by atoms with van der Waals surface area (Å²) in [5.41, 5.74) is 0.407. The van der Waals surface area contributed by atoms with E-state index in [0.29, 0.717) is 51.4 Å². The number of sulfonamides is 1. The van der Waals surface area contributed by atoms with Gasteiger partial charge in [0.05, 0.1) is 17.6 Å². The molecule has 0 aromatic heterocycles. The molecule has 25 heavy (non-hydrogen) atoms. The molecule has 0 radical (unpaired) electrons. The van der Waals surface area contributed by atoms with Crippen molar-refractivity contribution in [3.05, 3.63) is 29.8 Å². The van der Waals surface area contributed by atoms with Crippen LogP contribution in [0.5, 0.6) is 0 Å². The predicted octanol–water partition coefficient (Wildman–Crippen LogP) is 0.484. The molecular weight excluding hydrogens is 342 g/mol. The van der Waals surface area contributed by atoms with Gasteiger partial charge in [0.15, 0.2) is 0 Å². The fraction of sp³-hybridized carbons (Fsp3) is 0.588. The lowest BCUT2D eigenvalue weighted by molar-refractivity contribution is -0.0124. The molecule has 0 spiro atoms. The maximum absolute atomic E-state index is 12.9. The van der Waals surface area contributed by atoms with Crippen LogP contribution in [0.25, 0.3) is 0 Å². The predicted molar refractivity (Wildman–Crippen MR) is 94.0 cm³/mol. The zero-order valence-electron chi connectivity index (χ0n) is 14.7. The first kappa shape index (κ1) is 18.3. The van der Waals surface area contributed by atoms with E-state index in [9.17, 15) is 13.2 Å². The standard InChI is InChI=1S/C17H25N3O4S/c1-14-13-19(10-11-24-14)17(21)15-4-3-5-16(12-15)25(22,23)20-8-6-18(2)7-9-20/h3-5,12,14H,6-11,13H2,1-2H3. The van der Waals surface area contributed by atoms with Crippen LogP contribution < -0.4 is 0 Å². The van der Waals surface area contributed by atoms with Gasteiger partial charge in [-0.3, -0.25) is 4.79 Å². The van der Waals surface area contributed by atoms with Crippen LogP contribution in [0.15, 0.2) is 29.2 Å². The number of hydrogen-bond acceptors (Lipinski definition) is 5. The van der Waals surface area contributed by atoms with Gasteiger partial charge in [-0.05, 0) is 32.2 Å². The number of morpholine rings is 1. The average Bonchev–Trinajstić information content (AvgIpc) is 2.61. The van der Waals surface area contributed by atoms with E-state index in [4.69, 9.17) is 4.74 Å². The maximum Gasteiger partial charge on any atom is 0.254 e. The van der Waals surface area contributed by atoms with Crippen molar-refractivity contribution in [2.75, 3.05) is 52.9 Å². The molecule has 0 bridgehead atoms. The lowest BCUT2D eigenvalue weighted by Gasteiger charge is -2.32. The van der Waals surface area contributed by atoms with Crippen LogP contribution in [0.3, 0.4) is 0 Å². The molecule has 138 valence electrons. The van der Waals surface area contributed by atoms with E-state index in [1.54, 1.807) is 23.1 Å². The summed E-state index contributed by atoms with van der Waals surface area (Å²) in [5.74, 6) is -0.148. The highest BCUT2D eigenvalue weighted by Crippen LogP contribution is 2.20. The highest BCUT2D eigenvalue weighted by Gasteiger charge is 2.29. The van der Waals surface area contributed by atoms with E-state index in [1.807, 2.05) is 14.0 Å². The fourth-order valence-corrected chi connectivity index (χ4v) is 4.62. The molecule has 2 heterocycles. The molecule has 2 saturated heterocycles. The van der Waals surface area contributed by atoms with Crippen LogP contribution in [0.2, 0.25) is 0 Å². The number of carbonyl (C=O) groups is 1. The Morgan fingerprint density at radius 1 is 1.16 bits per heavy atom. The number of amides is 1. The molecule has 0 N–H and O–H groups in total. The Hall–Kier alpha value is -1.48. The second-order valence-electron chi connectivity index (χ2n) is 6.67. The second kappa shape index (κ2) is 7.41. The minimum atomic E-state index is -3.57. The molecule has 0 saturated carbocycles. The largest absolute Gasteiger partial charge is 0.375 e. The third-order valence-electron chi connectivity index (χ3n) is 4.71. The molecule has 7 nitrogen and oxygen atoms in total. The smallest absolute Gasteiger partial charge is 0.254 e. The molecule has 1 aromatic carbocycles. The van der Waals surface area contributed by atoms with Gasteiger partial charge in [0.1, 0.15) is 0 Å². The van der Waals surface area contributed by atoms with E-state index in [2.05, 4.69) is 4.90 Å². The van der Waals surface area contributed by atoms with Gasteiger partial charge in [0.25, 0.3) is 5.91 Å². The third kappa shape index (κ3) is 4.03. The Balaban J connectivity index is 1.80. The van der Waals surface area contributed by atoms with Crippen LogP contribution in [0, 0.1) is 0 Å². The molecular formula is C17H25N3O4S. The average molecular weight is 367 g/mol. The topological polar surface area (TPSA) is 70.2 Å². The van der Waals surface area contributed by atoms with Crippen molar-refractivity contribution < 1.29 is 17.9 Å². The molecule has 2 aliphatic rings. The summed E-state index contributed by atoms with van der Waals surface area (Å²) in [6.07, 6.45) is -0.00467. The number of ether oxygens (including phenoxy) is 1. The van der Waals surface area contributed by atoms with E-state index in [0.717, 1.165) is 0 Å². The molecule has 1 atom stereocenters. The van der Waals surface area contributed by atoms with E-state index in [1.165, 1.54) is 10.4 Å².